The first-order chi connectivity index (χ1) is 11.8. The molecule has 1 rings (SSSR count). The molecule has 0 bridgehead atoms. The van der Waals surface area contributed by atoms with Crippen LogP contribution < -0.4 is 14.8 Å². The smallest absolute Gasteiger partial charge is 0.407 e. The van der Waals surface area contributed by atoms with Gasteiger partial charge in [0, 0.05) is 11.4 Å². The summed E-state index contributed by atoms with van der Waals surface area (Å²) in [5, 5.41) is 2.83. The van der Waals surface area contributed by atoms with Crippen LogP contribution >= 0.6 is 0 Å². The Hall–Kier alpha value is -1.44. The SMILES string of the molecule is COc1ccc([C@@H](N[S+]([O-])C(C)(C)C)[C@H](C)NC(=O)OC(C)(C)C)cc1. The van der Waals surface area contributed by atoms with Crippen molar-refractivity contribution in [1.82, 2.24) is 10.0 Å². The van der Waals surface area contributed by atoms with E-state index < -0.39 is 27.8 Å². The van der Waals surface area contributed by atoms with Crippen LogP contribution in [0.4, 0.5) is 4.79 Å². The maximum atomic E-state index is 12.6. The number of ether oxygens (including phenoxy) is 2. The molecule has 2 N–H and O–H groups in total. The number of nitrogens with one attached hydrogen (secondary N) is 2. The van der Waals surface area contributed by atoms with Gasteiger partial charge in [-0.3, -0.25) is 0 Å². The van der Waals surface area contributed by atoms with Crippen molar-refractivity contribution in [1.29, 1.82) is 0 Å². The Morgan fingerprint density at radius 2 is 1.65 bits per heavy atom. The lowest BCUT2D eigenvalue weighted by atomic mass is 10.0. The van der Waals surface area contributed by atoms with Crippen molar-refractivity contribution in [2.75, 3.05) is 7.11 Å². The van der Waals surface area contributed by atoms with Crippen LogP contribution in [0, 0.1) is 0 Å². The van der Waals surface area contributed by atoms with Gasteiger partial charge in [-0.2, -0.15) is 0 Å². The Morgan fingerprint density at radius 3 is 2.08 bits per heavy atom. The number of hydrogen-bond donors (Lipinski definition) is 2. The topological polar surface area (TPSA) is 82.6 Å². The van der Waals surface area contributed by atoms with Gasteiger partial charge in [-0.05, 0) is 66.2 Å². The average molecular weight is 385 g/mol. The molecule has 0 saturated heterocycles. The Labute approximate surface area is 160 Å². The fourth-order valence-corrected chi connectivity index (χ4v) is 3.06. The lowest BCUT2D eigenvalue weighted by molar-refractivity contribution is 0.0500. The highest BCUT2D eigenvalue weighted by molar-refractivity contribution is 7.90. The molecule has 0 heterocycles. The Kier molecular flexibility index (Phi) is 7.80. The van der Waals surface area contributed by atoms with Crippen LogP contribution in [0.25, 0.3) is 0 Å². The number of carbonyl (C=O) groups excluding carboxylic acids is 1. The molecule has 3 atom stereocenters. The predicted molar refractivity (Wildman–Crippen MR) is 106 cm³/mol. The molecule has 26 heavy (non-hydrogen) atoms. The number of alkyl carbamates (subject to hydrolysis) is 1. The molecule has 148 valence electrons. The molecule has 0 aromatic heterocycles. The summed E-state index contributed by atoms with van der Waals surface area (Å²) in [7, 11) is 1.60. The fourth-order valence-electron chi connectivity index (χ4n) is 2.14. The number of rotatable bonds is 6. The second kappa shape index (κ2) is 8.97. The number of amides is 1. The summed E-state index contributed by atoms with van der Waals surface area (Å²) in [6, 6.07) is 6.76. The third-order valence-corrected chi connectivity index (χ3v) is 5.09. The molecule has 7 heteroatoms. The Morgan fingerprint density at radius 1 is 1.12 bits per heavy atom. The number of carbonyl (C=O) groups is 1. The normalized spacial score (nSPS) is 15.7. The molecule has 1 aromatic rings. The van der Waals surface area contributed by atoms with E-state index in [0.29, 0.717) is 0 Å². The Balaban J connectivity index is 3.00. The van der Waals surface area contributed by atoms with Crippen LogP contribution in [0.5, 0.6) is 5.75 Å². The van der Waals surface area contributed by atoms with Gasteiger partial charge in [0.05, 0.1) is 19.2 Å². The summed E-state index contributed by atoms with van der Waals surface area (Å²) in [4.78, 5) is 12.1. The van der Waals surface area contributed by atoms with Crippen LogP contribution in [0.3, 0.4) is 0 Å². The van der Waals surface area contributed by atoms with Crippen molar-refractivity contribution in [2.45, 2.75) is 70.9 Å². The maximum Gasteiger partial charge on any atom is 0.407 e. The van der Waals surface area contributed by atoms with E-state index in [1.54, 1.807) is 7.11 Å². The molecule has 1 unspecified atom stereocenters. The molecular weight excluding hydrogens is 352 g/mol. The number of methoxy groups -OCH3 is 1. The van der Waals surface area contributed by atoms with Gasteiger partial charge < -0.3 is 19.3 Å². The van der Waals surface area contributed by atoms with Crippen molar-refractivity contribution in [3.8, 4) is 5.75 Å². The van der Waals surface area contributed by atoms with Gasteiger partial charge in [-0.15, -0.1) is 4.72 Å². The zero-order chi connectivity index (χ0) is 20.1. The van der Waals surface area contributed by atoms with E-state index in [4.69, 9.17) is 9.47 Å². The van der Waals surface area contributed by atoms with Crippen LogP contribution in [0.1, 0.15) is 60.1 Å². The maximum absolute atomic E-state index is 12.6. The van der Waals surface area contributed by atoms with Gasteiger partial charge in [0.15, 0.2) is 0 Å². The first-order valence-electron chi connectivity index (χ1n) is 8.65. The van der Waals surface area contributed by atoms with Crippen molar-refractivity contribution >= 4 is 17.5 Å². The van der Waals surface area contributed by atoms with Crippen LogP contribution in [0.15, 0.2) is 24.3 Å². The lowest BCUT2D eigenvalue weighted by Gasteiger charge is -2.32. The molecule has 0 aliphatic rings. The Bertz CT molecular complexity index is 579. The minimum Gasteiger partial charge on any atom is -0.598 e. The summed E-state index contributed by atoms with van der Waals surface area (Å²) in [6.45, 7) is 13.0. The monoisotopic (exact) mass is 384 g/mol. The first-order valence-corrected chi connectivity index (χ1v) is 9.80. The summed E-state index contributed by atoms with van der Waals surface area (Å²) >= 11 is -1.30. The predicted octanol–water partition coefficient (Wildman–Crippen LogP) is 3.70. The minimum atomic E-state index is -1.30. The van der Waals surface area contributed by atoms with Crippen LogP contribution in [0.2, 0.25) is 0 Å². The molecule has 0 fully saturated rings. The number of benzene rings is 1. The van der Waals surface area contributed by atoms with E-state index in [-0.39, 0.29) is 12.1 Å². The van der Waals surface area contributed by atoms with Crippen LogP contribution in [-0.2, 0) is 16.1 Å². The highest BCUT2D eigenvalue weighted by Gasteiger charge is 2.33. The molecule has 0 radical (unpaired) electrons. The van der Waals surface area contributed by atoms with Crippen LogP contribution in [-0.4, -0.2) is 34.1 Å². The van der Waals surface area contributed by atoms with Gasteiger partial charge in [0.25, 0.3) is 0 Å². The molecule has 6 nitrogen and oxygen atoms in total. The lowest BCUT2D eigenvalue weighted by Crippen LogP contribution is -2.49. The van der Waals surface area contributed by atoms with Crippen molar-refractivity contribution in [3.05, 3.63) is 29.8 Å². The summed E-state index contributed by atoms with van der Waals surface area (Å²) < 4.78 is 25.9. The molecule has 0 spiro atoms. The van der Waals surface area contributed by atoms with E-state index in [9.17, 15) is 9.35 Å². The van der Waals surface area contributed by atoms with Crippen molar-refractivity contribution in [3.63, 3.8) is 0 Å². The first kappa shape index (κ1) is 22.6. The van der Waals surface area contributed by atoms with E-state index in [2.05, 4.69) is 10.0 Å². The van der Waals surface area contributed by atoms with Gasteiger partial charge >= 0.3 is 6.09 Å². The van der Waals surface area contributed by atoms with E-state index >= 15 is 0 Å². The fraction of sp³-hybridized carbons (Fsp3) is 0.632. The molecule has 0 aliphatic heterocycles. The molecule has 1 aromatic carbocycles. The second-order valence-electron chi connectivity index (χ2n) is 8.18. The third kappa shape index (κ3) is 7.43. The van der Waals surface area contributed by atoms with E-state index in [1.165, 1.54) is 0 Å². The number of hydrogen-bond acceptors (Lipinski definition) is 5. The quantitative estimate of drug-likeness (QED) is 0.731. The van der Waals surface area contributed by atoms with Crippen molar-refractivity contribution in [2.24, 2.45) is 0 Å². The molecule has 1 amide bonds. The zero-order valence-corrected chi connectivity index (χ0v) is 17.8. The third-order valence-electron chi connectivity index (χ3n) is 3.51. The summed E-state index contributed by atoms with van der Waals surface area (Å²) in [5.41, 5.74) is 0.313. The highest BCUT2D eigenvalue weighted by atomic mass is 32.2. The summed E-state index contributed by atoms with van der Waals surface area (Å²) in [5.74, 6) is 0.734. The average Bonchev–Trinajstić information content (AvgIpc) is 2.49. The second-order valence-corrected chi connectivity index (χ2v) is 10.2. The zero-order valence-electron chi connectivity index (χ0n) is 17.0. The van der Waals surface area contributed by atoms with E-state index in [0.717, 1.165) is 11.3 Å². The summed E-state index contributed by atoms with van der Waals surface area (Å²) in [6.07, 6.45) is -0.508. The van der Waals surface area contributed by atoms with E-state index in [1.807, 2.05) is 72.7 Å². The highest BCUT2D eigenvalue weighted by Crippen LogP contribution is 2.24. The van der Waals surface area contributed by atoms with Gasteiger partial charge in [0.2, 0.25) is 0 Å². The largest absolute Gasteiger partial charge is 0.598 e. The van der Waals surface area contributed by atoms with Gasteiger partial charge in [0.1, 0.15) is 16.1 Å². The minimum absolute atomic E-state index is 0.343. The molecule has 0 aliphatic carbocycles. The van der Waals surface area contributed by atoms with Gasteiger partial charge in [-0.25, -0.2) is 4.79 Å². The molecular formula is C19H32N2O4S. The van der Waals surface area contributed by atoms with Gasteiger partial charge in [-0.1, -0.05) is 12.1 Å². The standard InChI is InChI=1S/C19H32N2O4S/c1-13(20-17(22)25-18(2,3)4)16(21-26(23)19(5,6)7)14-9-11-15(24-8)12-10-14/h9-13,16,21H,1-8H3,(H,20,22)/t13-,16-,26?/m0/s1. The van der Waals surface area contributed by atoms with Crippen molar-refractivity contribution < 1.29 is 18.8 Å². The molecule has 0 saturated carbocycles.